The lowest BCUT2D eigenvalue weighted by Crippen LogP contribution is -2.14. The van der Waals surface area contributed by atoms with Crippen LogP contribution in [0.15, 0.2) is 42.7 Å². The van der Waals surface area contributed by atoms with E-state index in [0.717, 1.165) is 33.7 Å². The molecule has 1 unspecified atom stereocenters. The van der Waals surface area contributed by atoms with Gasteiger partial charge in [0.25, 0.3) is 0 Å². The highest BCUT2D eigenvalue weighted by molar-refractivity contribution is 5.86. The molecule has 3 aromatic rings. The largest absolute Gasteiger partial charge is 0.457 e. The Morgan fingerprint density at radius 2 is 2.05 bits per heavy atom. The summed E-state index contributed by atoms with van der Waals surface area (Å²) in [6.07, 6.45) is 3.62. The minimum Gasteiger partial charge on any atom is -0.457 e. The van der Waals surface area contributed by atoms with E-state index in [0.29, 0.717) is 0 Å². The van der Waals surface area contributed by atoms with Gasteiger partial charge in [-0.3, -0.25) is 0 Å². The SMILES string of the molecule is Cc1c[nH]c2nccc(Oc3ccc(C(N)CO)cc3)c12. The molecule has 5 heteroatoms. The zero-order valence-electron chi connectivity index (χ0n) is 11.7. The highest BCUT2D eigenvalue weighted by Gasteiger charge is 2.09. The molecular formula is C16H17N3O2. The van der Waals surface area contributed by atoms with Gasteiger partial charge in [-0.15, -0.1) is 0 Å². The second kappa shape index (κ2) is 5.55. The number of benzene rings is 1. The summed E-state index contributed by atoms with van der Waals surface area (Å²) in [4.78, 5) is 7.38. The number of nitrogens with one attached hydrogen (secondary N) is 1. The van der Waals surface area contributed by atoms with Gasteiger partial charge in [0.15, 0.2) is 0 Å². The molecule has 0 bridgehead atoms. The number of nitrogens with two attached hydrogens (primary N) is 1. The lowest BCUT2D eigenvalue weighted by atomic mass is 10.1. The van der Waals surface area contributed by atoms with Crippen LogP contribution in [-0.4, -0.2) is 21.7 Å². The molecule has 3 rings (SSSR count). The standard InChI is InChI=1S/C16H17N3O2/c1-10-8-19-16-15(10)14(6-7-18-16)21-12-4-2-11(3-5-12)13(17)9-20/h2-8,13,20H,9,17H2,1H3,(H,18,19). The van der Waals surface area contributed by atoms with Gasteiger partial charge >= 0.3 is 0 Å². The van der Waals surface area contributed by atoms with E-state index >= 15 is 0 Å². The van der Waals surface area contributed by atoms with Crippen molar-refractivity contribution < 1.29 is 9.84 Å². The summed E-state index contributed by atoms with van der Waals surface area (Å²) in [5.74, 6) is 1.48. The number of aliphatic hydroxyl groups is 1. The minimum absolute atomic E-state index is 0.0757. The Kier molecular flexibility index (Phi) is 3.60. The molecule has 2 heterocycles. The van der Waals surface area contributed by atoms with Crippen molar-refractivity contribution in [3.8, 4) is 11.5 Å². The van der Waals surface area contributed by atoms with Crippen LogP contribution < -0.4 is 10.5 Å². The molecule has 4 N–H and O–H groups in total. The van der Waals surface area contributed by atoms with Crippen molar-refractivity contribution in [2.75, 3.05) is 6.61 Å². The van der Waals surface area contributed by atoms with Gasteiger partial charge < -0.3 is 20.6 Å². The maximum Gasteiger partial charge on any atom is 0.141 e. The van der Waals surface area contributed by atoms with Crippen molar-refractivity contribution in [2.24, 2.45) is 5.73 Å². The van der Waals surface area contributed by atoms with Gasteiger partial charge in [-0.2, -0.15) is 0 Å². The van der Waals surface area contributed by atoms with Crippen LogP contribution in [0.25, 0.3) is 11.0 Å². The van der Waals surface area contributed by atoms with E-state index in [4.69, 9.17) is 15.6 Å². The zero-order chi connectivity index (χ0) is 14.8. The van der Waals surface area contributed by atoms with Crippen molar-refractivity contribution in [3.63, 3.8) is 0 Å². The molecule has 2 aromatic heterocycles. The molecule has 1 aromatic carbocycles. The molecule has 0 aliphatic carbocycles. The molecule has 0 fully saturated rings. The van der Waals surface area contributed by atoms with Crippen LogP contribution in [0.4, 0.5) is 0 Å². The van der Waals surface area contributed by atoms with Crippen molar-refractivity contribution in [1.82, 2.24) is 9.97 Å². The molecule has 0 aliphatic heterocycles. The summed E-state index contributed by atoms with van der Waals surface area (Å²) >= 11 is 0. The van der Waals surface area contributed by atoms with Gasteiger partial charge in [-0.25, -0.2) is 4.98 Å². The van der Waals surface area contributed by atoms with E-state index in [2.05, 4.69) is 9.97 Å². The number of aryl methyl sites for hydroxylation is 1. The van der Waals surface area contributed by atoms with Crippen LogP contribution in [-0.2, 0) is 0 Å². The molecule has 108 valence electrons. The van der Waals surface area contributed by atoms with Gasteiger partial charge in [-0.1, -0.05) is 12.1 Å². The number of H-pyrrole nitrogens is 1. The Bertz CT molecular complexity index is 750. The number of aromatic amines is 1. The first kappa shape index (κ1) is 13.6. The molecule has 0 radical (unpaired) electrons. The zero-order valence-corrected chi connectivity index (χ0v) is 11.7. The normalized spacial score (nSPS) is 12.5. The van der Waals surface area contributed by atoms with E-state index in [9.17, 15) is 0 Å². The molecule has 0 saturated heterocycles. The molecule has 0 saturated carbocycles. The highest BCUT2D eigenvalue weighted by atomic mass is 16.5. The number of hydrogen-bond acceptors (Lipinski definition) is 4. The Morgan fingerprint density at radius 3 is 2.76 bits per heavy atom. The number of ether oxygens (including phenoxy) is 1. The van der Waals surface area contributed by atoms with Gasteiger partial charge in [0.1, 0.15) is 17.1 Å². The topological polar surface area (TPSA) is 84.2 Å². The number of aromatic nitrogens is 2. The summed E-state index contributed by atoms with van der Waals surface area (Å²) in [7, 11) is 0. The maximum atomic E-state index is 9.05. The van der Waals surface area contributed by atoms with Crippen molar-refractivity contribution in [3.05, 3.63) is 53.9 Å². The van der Waals surface area contributed by atoms with Crippen molar-refractivity contribution >= 4 is 11.0 Å². The first-order valence-corrected chi connectivity index (χ1v) is 6.76. The summed E-state index contributed by atoms with van der Waals surface area (Å²) in [6.45, 7) is 1.93. The molecule has 21 heavy (non-hydrogen) atoms. The Morgan fingerprint density at radius 1 is 1.29 bits per heavy atom. The molecule has 5 nitrogen and oxygen atoms in total. The van der Waals surface area contributed by atoms with Gasteiger partial charge in [-0.05, 0) is 36.2 Å². The number of nitrogens with zero attached hydrogens (tertiary/aromatic N) is 1. The average Bonchev–Trinajstić information content (AvgIpc) is 2.90. The van der Waals surface area contributed by atoms with Crippen LogP contribution in [0.3, 0.4) is 0 Å². The molecule has 1 atom stereocenters. The van der Waals surface area contributed by atoms with E-state index in [1.54, 1.807) is 6.20 Å². The molecule has 0 spiro atoms. The fraction of sp³-hybridized carbons (Fsp3) is 0.188. The first-order valence-electron chi connectivity index (χ1n) is 6.76. The minimum atomic E-state index is -0.362. The predicted octanol–water partition coefficient (Wildman–Crippen LogP) is 2.66. The summed E-state index contributed by atoms with van der Waals surface area (Å²) in [6, 6.07) is 8.89. The predicted molar refractivity (Wildman–Crippen MR) is 81.4 cm³/mol. The van der Waals surface area contributed by atoms with Crippen molar-refractivity contribution in [2.45, 2.75) is 13.0 Å². The van der Waals surface area contributed by atoms with Gasteiger partial charge in [0, 0.05) is 12.4 Å². The van der Waals surface area contributed by atoms with Crippen LogP contribution in [0, 0.1) is 6.92 Å². The quantitative estimate of drug-likeness (QED) is 0.687. The third-order valence-electron chi connectivity index (χ3n) is 3.47. The van der Waals surface area contributed by atoms with Gasteiger partial charge in [0.2, 0.25) is 0 Å². The monoisotopic (exact) mass is 283 g/mol. The fourth-order valence-corrected chi connectivity index (χ4v) is 2.28. The van der Waals surface area contributed by atoms with E-state index in [1.807, 2.05) is 43.5 Å². The summed E-state index contributed by atoms with van der Waals surface area (Å²) < 4.78 is 5.94. The van der Waals surface area contributed by atoms with Crippen molar-refractivity contribution in [1.29, 1.82) is 0 Å². The number of hydrogen-bond donors (Lipinski definition) is 3. The van der Waals surface area contributed by atoms with Crippen LogP contribution >= 0.6 is 0 Å². The fourth-order valence-electron chi connectivity index (χ4n) is 2.28. The molecular weight excluding hydrogens is 266 g/mol. The number of pyridine rings is 1. The third kappa shape index (κ3) is 2.61. The second-order valence-corrected chi connectivity index (χ2v) is 4.96. The van der Waals surface area contributed by atoms with Crippen LogP contribution in [0.2, 0.25) is 0 Å². The number of aliphatic hydroxyl groups excluding tert-OH is 1. The van der Waals surface area contributed by atoms with E-state index < -0.39 is 0 Å². The smallest absolute Gasteiger partial charge is 0.141 e. The number of rotatable bonds is 4. The first-order chi connectivity index (χ1) is 10.2. The van der Waals surface area contributed by atoms with E-state index in [-0.39, 0.29) is 12.6 Å². The molecule has 0 aliphatic rings. The lowest BCUT2D eigenvalue weighted by Gasteiger charge is -2.11. The third-order valence-corrected chi connectivity index (χ3v) is 3.47. The Hall–Kier alpha value is -2.37. The second-order valence-electron chi connectivity index (χ2n) is 4.96. The number of fused-ring (bicyclic) bond motifs is 1. The van der Waals surface area contributed by atoms with Gasteiger partial charge in [0.05, 0.1) is 18.0 Å². The van der Waals surface area contributed by atoms with Crippen LogP contribution in [0.5, 0.6) is 11.5 Å². The average molecular weight is 283 g/mol. The van der Waals surface area contributed by atoms with Crippen LogP contribution in [0.1, 0.15) is 17.2 Å². The lowest BCUT2D eigenvalue weighted by molar-refractivity contribution is 0.268. The summed E-state index contributed by atoms with van der Waals surface area (Å²) in [5.41, 5.74) is 8.55. The highest BCUT2D eigenvalue weighted by Crippen LogP contribution is 2.31. The maximum absolute atomic E-state index is 9.05. The Balaban J connectivity index is 1.90. The van der Waals surface area contributed by atoms with E-state index in [1.165, 1.54) is 0 Å². The summed E-state index contributed by atoms with van der Waals surface area (Å²) in [5, 5.41) is 10.0. The Labute approximate surface area is 122 Å². The molecule has 0 amide bonds.